The molecule has 2 aromatic heterocycles. The smallest absolute Gasteiger partial charge is 0.285 e. The van der Waals surface area contributed by atoms with E-state index in [9.17, 15) is 23.1 Å². The van der Waals surface area contributed by atoms with E-state index in [0.29, 0.717) is 36.0 Å². The number of fused-ring (bicyclic) bond motifs is 1. The third kappa shape index (κ3) is 4.19. The molecule has 162 valence electrons. The van der Waals surface area contributed by atoms with Crippen LogP contribution in [0.5, 0.6) is 11.6 Å². The molecule has 0 amide bonds. The summed E-state index contributed by atoms with van der Waals surface area (Å²) in [6.07, 6.45) is -1.21. The number of halogens is 4. The minimum atomic E-state index is -2.96. The molecule has 1 aliphatic rings. The topological polar surface area (TPSA) is 104 Å². The van der Waals surface area contributed by atoms with Gasteiger partial charge in [0.1, 0.15) is 23.2 Å². The lowest BCUT2D eigenvalue weighted by molar-refractivity contribution is 0.147. The van der Waals surface area contributed by atoms with Crippen molar-refractivity contribution >= 4 is 17.3 Å². The van der Waals surface area contributed by atoms with Crippen LogP contribution in [0.1, 0.15) is 29.1 Å². The summed E-state index contributed by atoms with van der Waals surface area (Å²) in [6, 6.07) is 2.80. The molecule has 1 aromatic carbocycles. The Hall–Kier alpha value is -3.18. The second-order valence-electron chi connectivity index (χ2n) is 6.68. The minimum Gasteiger partial charge on any atom is -0.438 e. The first-order chi connectivity index (χ1) is 14.9. The number of nitrogens with one attached hydrogen (secondary N) is 1. The van der Waals surface area contributed by atoms with Gasteiger partial charge in [-0.3, -0.25) is 4.79 Å². The van der Waals surface area contributed by atoms with Gasteiger partial charge >= 0.3 is 0 Å². The molecule has 8 nitrogen and oxygen atoms in total. The summed E-state index contributed by atoms with van der Waals surface area (Å²) in [5, 5.41) is 15.5. The number of nitrogens with zero attached hydrogens (tertiary/aromatic N) is 4. The number of aromatic amines is 1. The molecular weight excluding hydrogens is 439 g/mol. The van der Waals surface area contributed by atoms with Gasteiger partial charge in [-0.2, -0.15) is 10.1 Å². The molecule has 2 N–H and O–H groups in total. The number of hydrogen-bond acceptors (Lipinski definition) is 7. The second kappa shape index (κ2) is 8.52. The van der Waals surface area contributed by atoms with Crippen molar-refractivity contribution in [2.24, 2.45) is 0 Å². The SMILES string of the molecule is O=c1[nH]ncc(N2CCc3c(nc(CO)nc3Oc3ccc(F)cc3C(F)F)C2)c1Cl. The van der Waals surface area contributed by atoms with E-state index in [1.54, 1.807) is 4.90 Å². The second-order valence-corrected chi connectivity index (χ2v) is 7.06. The molecule has 3 aromatic rings. The van der Waals surface area contributed by atoms with Crippen molar-refractivity contribution < 1.29 is 23.0 Å². The molecular formula is C19H15ClF3N5O3. The fourth-order valence-corrected chi connectivity index (χ4v) is 3.50. The number of aromatic nitrogens is 4. The van der Waals surface area contributed by atoms with Gasteiger partial charge in [-0.05, 0) is 24.6 Å². The first-order valence-corrected chi connectivity index (χ1v) is 9.48. The molecule has 0 spiro atoms. The number of benzene rings is 1. The zero-order valence-corrected chi connectivity index (χ0v) is 16.5. The van der Waals surface area contributed by atoms with Crippen molar-refractivity contribution in [2.75, 3.05) is 11.4 Å². The van der Waals surface area contributed by atoms with Crippen LogP contribution in [-0.4, -0.2) is 31.8 Å². The van der Waals surface area contributed by atoms with Gasteiger partial charge in [0.15, 0.2) is 5.82 Å². The van der Waals surface area contributed by atoms with Gasteiger partial charge in [0.05, 0.1) is 29.7 Å². The Morgan fingerprint density at radius 2 is 2.13 bits per heavy atom. The number of aliphatic hydroxyl groups is 1. The highest BCUT2D eigenvalue weighted by Crippen LogP contribution is 2.36. The maximum atomic E-state index is 13.4. The average Bonchev–Trinajstić information content (AvgIpc) is 2.76. The molecule has 0 radical (unpaired) electrons. The Morgan fingerprint density at radius 1 is 1.32 bits per heavy atom. The zero-order valence-electron chi connectivity index (χ0n) is 15.8. The lowest BCUT2D eigenvalue weighted by Crippen LogP contribution is -2.33. The Morgan fingerprint density at radius 3 is 2.87 bits per heavy atom. The van der Waals surface area contributed by atoms with E-state index >= 15 is 0 Å². The number of H-pyrrole nitrogens is 1. The van der Waals surface area contributed by atoms with Crippen LogP contribution in [0.25, 0.3) is 0 Å². The number of anilines is 1. The molecule has 4 rings (SSSR count). The van der Waals surface area contributed by atoms with Gasteiger partial charge in [-0.15, -0.1) is 0 Å². The van der Waals surface area contributed by atoms with E-state index in [4.69, 9.17) is 16.3 Å². The van der Waals surface area contributed by atoms with Crippen molar-refractivity contribution in [3.8, 4) is 11.6 Å². The molecule has 0 saturated heterocycles. The van der Waals surface area contributed by atoms with E-state index in [0.717, 1.165) is 12.1 Å². The van der Waals surface area contributed by atoms with E-state index in [-0.39, 0.29) is 29.0 Å². The third-order valence-electron chi connectivity index (χ3n) is 4.75. The van der Waals surface area contributed by atoms with Crippen LogP contribution in [-0.2, 0) is 19.6 Å². The van der Waals surface area contributed by atoms with Crippen molar-refractivity contribution in [2.45, 2.75) is 26.0 Å². The zero-order chi connectivity index (χ0) is 22.1. The monoisotopic (exact) mass is 453 g/mol. The quantitative estimate of drug-likeness (QED) is 0.611. The van der Waals surface area contributed by atoms with Crippen molar-refractivity contribution in [1.82, 2.24) is 20.2 Å². The number of alkyl halides is 2. The normalized spacial score (nSPS) is 13.4. The summed E-state index contributed by atoms with van der Waals surface area (Å²) in [4.78, 5) is 21.9. The number of rotatable bonds is 5. The lowest BCUT2D eigenvalue weighted by atomic mass is 10.1. The fourth-order valence-electron chi connectivity index (χ4n) is 3.29. The summed E-state index contributed by atoms with van der Waals surface area (Å²) in [6.45, 7) is 0.0699. The molecule has 0 saturated carbocycles. The Bertz CT molecular complexity index is 1190. The van der Waals surface area contributed by atoms with Crippen LogP contribution >= 0.6 is 11.6 Å². The summed E-state index contributed by atoms with van der Waals surface area (Å²) < 4.78 is 45.7. The van der Waals surface area contributed by atoms with Crippen molar-refractivity contribution in [3.05, 3.63) is 68.2 Å². The first-order valence-electron chi connectivity index (χ1n) is 9.10. The van der Waals surface area contributed by atoms with Crippen LogP contribution in [0.4, 0.5) is 18.9 Å². The Balaban J connectivity index is 1.72. The van der Waals surface area contributed by atoms with E-state index in [1.165, 1.54) is 6.20 Å². The molecule has 3 heterocycles. The van der Waals surface area contributed by atoms with Crippen LogP contribution < -0.4 is 15.2 Å². The lowest BCUT2D eigenvalue weighted by Gasteiger charge is -2.30. The summed E-state index contributed by atoms with van der Waals surface area (Å²) in [5.74, 6) is -1.04. The van der Waals surface area contributed by atoms with Gasteiger partial charge in [0, 0.05) is 12.1 Å². The molecule has 0 fully saturated rings. The highest BCUT2D eigenvalue weighted by Gasteiger charge is 2.26. The summed E-state index contributed by atoms with van der Waals surface area (Å²) in [7, 11) is 0. The third-order valence-corrected chi connectivity index (χ3v) is 5.11. The maximum Gasteiger partial charge on any atom is 0.285 e. The predicted molar refractivity (Wildman–Crippen MR) is 104 cm³/mol. The van der Waals surface area contributed by atoms with Gasteiger partial charge < -0.3 is 14.7 Å². The Labute approximate surface area is 178 Å². The standard InChI is InChI=1S/C19H15ClF3N5O3/c20-16-13(6-24-27-18(16)30)28-4-3-10-12(7-28)25-15(8-29)26-19(10)31-14-2-1-9(21)5-11(14)17(22)23/h1-2,5-6,17,29H,3-4,7-8H2,(H,27,30). The van der Waals surface area contributed by atoms with Crippen molar-refractivity contribution in [3.63, 3.8) is 0 Å². The number of ether oxygens (including phenoxy) is 1. The van der Waals surface area contributed by atoms with Crippen molar-refractivity contribution in [1.29, 1.82) is 0 Å². The molecule has 12 heteroatoms. The number of hydrogen-bond donors (Lipinski definition) is 2. The van der Waals surface area contributed by atoms with E-state index in [2.05, 4.69) is 20.2 Å². The summed E-state index contributed by atoms with van der Waals surface area (Å²) in [5.41, 5.74) is 0.269. The Kier molecular flexibility index (Phi) is 5.79. The highest BCUT2D eigenvalue weighted by molar-refractivity contribution is 6.33. The van der Waals surface area contributed by atoms with Gasteiger partial charge in [-0.1, -0.05) is 11.6 Å². The molecule has 1 aliphatic heterocycles. The van der Waals surface area contributed by atoms with Gasteiger partial charge in [0.2, 0.25) is 5.88 Å². The largest absolute Gasteiger partial charge is 0.438 e. The van der Waals surface area contributed by atoms with E-state index < -0.39 is 30.0 Å². The van der Waals surface area contributed by atoms with Crippen LogP contribution in [0, 0.1) is 5.82 Å². The summed E-state index contributed by atoms with van der Waals surface area (Å²) >= 11 is 6.09. The van der Waals surface area contributed by atoms with Crippen LogP contribution in [0.3, 0.4) is 0 Å². The average molecular weight is 454 g/mol. The molecule has 31 heavy (non-hydrogen) atoms. The van der Waals surface area contributed by atoms with Gasteiger partial charge in [-0.25, -0.2) is 23.3 Å². The maximum absolute atomic E-state index is 13.4. The molecule has 0 atom stereocenters. The van der Waals surface area contributed by atoms with Gasteiger partial charge in [0.25, 0.3) is 12.0 Å². The minimum absolute atomic E-state index is 0.00246. The predicted octanol–water partition coefficient (Wildman–Crippen LogP) is 3.14. The number of aliphatic hydroxyl groups excluding tert-OH is 1. The van der Waals surface area contributed by atoms with Crippen LogP contribution in [0.2, 0.25) is 5.02 Å². The molecule has 0 unspecified atom stereocenters. The first kappa shape index (κ1) is 21.1. The molecule has 0 aliphatic carbocycles. The highest BCUT2D eigenvalue weighted by atomic mass is 35.5. The molecule has 0 bridgehead atoms. The fraction of sp³-hybridized carbons (Fsp3) is 0.263. The van der Waals surface area contributed by atoms with Crippen LogP contribution in [0.15, 0.2) is 29.2 Å². The van der Waals surface area contributed by atoms with E-state index in [1.807, 2.05) is 0 Å².